The smallest absolute Gasteiger partial charge is 0.421 e. The highest BCUT2D eigenvalue weighted by molar-refractivity contribution is 6.25. The summed E-state index contributed by atoms with van der Waals surface area (Å²) in [6, 6.07) is 14.3. The summed E-state index contributed by atoms with van der Waals surface area (Å²) in [7, 11) is 1.50. The van der Waals surface area contributed by atoms with Crippen LogP contribution in [-0.2, 0) is 29.3 Å². The van der Waals surface area contributed by atoms with Crippen LogP contribution in [0.3, 0.4) is 0 Å². The molecule has 5 rings (SSSR count). The van der Waals surface area contributed by atoms with Gasteiger partial charge in [0.2, 0.25) is 5.91 Å². The van der Waals surface area contributed by atoms with Gasteiger partial charge in [-0.1, -0.05) is 30.3 Å². The van der Waals surface area contributed by atoms with Crippen LogP contribution in [0.5, 0.6) is 5.75 Å². The van der Waals surface area contributed by atoms with Gasteiger partial charge in [-0.15, -0.1) is 0 Å². The molecule has 0 unspecified atom stereocenters. The molecule has 0 saturated heterocycles. The van der Waals surface area contributed by atoms with Gasteiger partial charge in [-0.3, -0.25) is 14.4 Å². The van der Waals surface area contributed by atoms with Crippen LogP contribution in [0.2, 0.25) is 0 Å². The number of allylic oxidation sites excluding steroid dienone is 1. The van der Waals surface area contributed by atoms with Gasteiger partial charge in [0.05, 0.1) is 30.7 Å². The van der Waals surface area contributed by atoms with Crippen LogP contribution < -0.4 is 9.64 Å². The molecule has 1 heterocycles. The van der Waals surface area contributed by atoms with Crippen LogP contribution >= 0.6 is 0 Å². The number of anilines is 1. The van der Waals surface area contributed by atoms with Crippen molar-refractivity contribution in [2.24, 2.45) is 17.8 Å². The Hall–Kier alpha value is -3.94. The zero-order valence-corrected chi connectivity index (χ0v) is 22.1. The van der Waals surface area contributed by atoms with Gasteiger partial charge < -0.3 is 14.2 Å². The summed E-state index contributed by atoms with van der Waals surface area (Å²) in [6.45, 7) is 6.93. The molecule has 2 aromatic rings. The number of ketones is 1. The molecule has 1 spiro atoms. The minimum absolute atomic E-state index is 0.0959. The first-order valence-corrected chi connectivity index (χ1v) is 12.8. The van der Waals surface area contributed by atoms with E-state index in [-0.39, 0.29) is 12.4 Å². The Bertz CT molecular complexity index is 1360. The molecule has 2 fully saturated rings. The number of imide groups is 1. The van der Waals surface area contributed by atoms with Crippen molar-refractivity contribution < 1.29 is 33.4 Å². The van der Waals surface area contributed by atoms with Crippen molar-refractivity contribution in [3.8, 4) is 5.75 Å². The maximum absolute atomic E-state index is 14.6. The fourth-order valence-electron chi connectivity index (χ4n) is 6.31. The number of amides is 2. The van der Waals surface area contributed by atoms with Gasteiger partial charge >= 0.3 is 12.1 Å². The second-order valence-electron chi connectivity index (χ2n) is 10.9. The number of nitrogens with zero attached hydrogens (tertiary/aromatic N) is 1. The number of ether oxygens (including phenoxy) is 3. The molecular formula is C30H31NO7. The number of methoxy groups -OCH3 is 1. The van der Waals surface area contributed by atoms with E-state index in [9.17, 15) is 19.2 Å². The summed E-state index contributed by atoms with van der Waals surface area (Å²) in [5.41, 5.74) is -0.320. The number of hydrogen-bond donors (Lipinski definition) is 0. The Balaban J connectivity index is 1.75. The van der Waals surface area contributed by atoms with Gasteiger partial charge in [-0.2, -0.15) is 0 Å². The first kappa shape index (κ1) is 25.7. The fourth-order valence-corrected chi connectivity index (χ4v) is 6.31. The lowest BCUT2D eigenvalue weighted by Crippen LogP contribution is -2.55. The van der Waals surface area contributed by atoms with E-state index in [4.69, 9.17) is 14.2 Å². The molecule has 2 bridgehead atoms. The van der Waals surface area contributed by atoms with Gasteiger partial charge in [0.15, 0.2) is 5.78 Å². The largest absolute Gasteiger partial charge is 0.497 e. The maximum atomic E-state index is 14.6. The molecule has 2 aromatic carbocycles. The lowest BCUT2D eigenvalue weighted by molar-refractivity contribution is -0.156. The molecule has 3 aliphatic rings. The number of carbonyl (C=O) groups is 4. The molecule has 2 aliphatic carbocycles. The number of carbonyl (C=O) groups excluding carboxylic acids is 4. The number of hydrogen-bond acceptors (Lipinski definition) is 7. The SMILES string of the molecule is CCOC(=O)[C@H]1[C@H]2C[C@H](/C(=C\c3ccccc3)C2=O)[C@]12C(=O)N(C(=O)OC(C)(C)C)c1ccc(OC)cc12. The molecule has 0 N–H and O–H groups in total. The second kappa shape index (κ2) is 9.11. The third kappa shape index (κ3) is 3.73. The summed E-state index contributed by atoms with van der Waals surface area (Å²) in [4.78, 5) is 56.2. The Labute approximate surface area is 221 Å². The van der Waals surface area contributed by atoms with E-state index in [1.165, 1.54) is 7.11 Å². The lowest BCUT2D eigenvalue weighted by atomic mass is 9.60. The molecular weight excluding hydrogens is 486 g/mol. The molecule has 0 aromatic heterocycles. The van der Waals surface area contributed by atoms with Crippen molar-refractivity contribution >= 4 is 35.5 Å². The second-order valence-corrected chi connectivity index (χ2v) is 10.9. The molecule has 8 nitrogen and oxygen atoms in total. The van der Waals surface area contributed by atoms with Gasteiger partial charge in [0.25, 0.3) is 0 Å². The van der Waals surface area contributed by atoms with E-state index in [0.717, 1.165) is 10.5 Å². The summed E-state index contributed by atoms with van der Waals surface area (Å²) in [5.74, 6) is -3.40. The van der Waals surface area contributed by atoms with Crippen molar-refractivity contribution in [3.63, 3.8) is 0 Å². The Morgan fingerprint density at radius 2 is 1.82 bits per heavy atom. The average molecular weight is 518 g/mol. The van der Waals surface area contributed by atoms with Crippen molar-refractivity contribution in [1.82, 2.24) is 0 Å². The molecule has 2 amide bonds. The number of esters is 1. The summed E-state index contributed by atoms with van der Waals surface area (Å²) >= 11 is 0. The molecule has 38 heavy (non-hydrogen) atoms. The van der Waals surface area contributed by atoms with Crippen molar-refractivity contribution in [2.75, 3.05) is 18.6 Å². The molecule has 198 valence electrons. The number of fused-ring (bicyclic) bond motifs is 5. The predicted molar refractivity (Wildman–Crippen MR) is 140 cm³/mol. The number of Topliss-reactive ketones (excluding diaryl/α,β-unsaturated/α-hetero) is 1. The third-order valence-electron chi connectivity index (χ3n) is 7.61. The van der Waals surface area contributed by atoms with Gasteiger partial charge in [-0.25, -0.2) is 9.69 Å². The quantitative estimate of drug-likeness (QED) is 0.428. The van der Waals surface area contributed by atoms with Crippen LogP contribution in [-0.4, -0.2) is 43.1 Å². The van der Waals surface area contributed by atoms with Gasteiger partial charge in [-0.05, 0) is 69.5 Å². The lowest BCUT2D eigenvalue weighted by Gasteiger charge is -2.39. The van der Waals surface area contributed by atoms with Crippen LogP contribution in [0, 0.1) is 17.8 Å². The highest BCUT2D eigenvalue weighted by Gasteiger charge is 2.74. The Morgan fingerprint density at radius 1 is 1.11 bits per heavy atom. The first-order chi connectivity index (χ1) is 18.0. The summed E-state index contributed by atoms with van der Waals surface area (Å²) < 4.78 is 16.5. The van der Waals surface area contributed by atoms with E-state index in [2.05, 4.69) is 0 Å². The zero-order chi connectivity index (χ0) is 27.4. The predicted octanol–water partition coefficient (Wildman–Crippen LogP) is 4.70. The topological polar surface area (TPSA) is 99.2 Å². The van der Waals surface area contributed by atoms with Crippen molar-refractivity contribution in [2.45, 2.75) is 45.1 Å². The normalized spacial score (nSPS) is 26.7. The van der Waals surface area contributed by atoms with Gasteiger partial charge in [0, 0.05) is 17.4 Å². The number of benzene rings is 2. The van der Waals surface area contributed by atoms with Crippen LogP contribution in [0.1, 0.15) is 45.2 Å². The minimum atomic E-state index is -1.52. The Morgan fingerprint density at radius 3 is 2.45 bits per heavy atom. The van der Waals surface area contributed by atoms with Crippen molar-refractivity contribution in [3.05, 3.63) is 65.2 Å². The molecule has 4 atom stereocenters. The molecule has 0 radical (unpaired) electrons. The van der Waals surface area contributed by atoms with E-state index in [1.807, 2.05) is 30.3 Å². The van der Waals surface area contributed by atoms with Gasteiger partial charge in [0.1, 0.15) is 11.4 Å². The highest BCUT2D eigenvalue weighted by atomic mass is 16.6. The van der Waals surface area contributed by atoms with Crippen LogP contribution in [0.4, 0.5) is 10.5 Å². The van der Waals surface area contributed by atoms with Crippen LogP contribution in [0.25, 0.3) is 6.08 Å². The standard InChI is InChI=1S/C30H31NO7/c1-6-37-26(33)24-20-16-21(19(25(20)32)14-17-10-8-7-9-11-17)30(24)22-15-18(36-5)12-13-23(22)31(27(30)34)28(35)38-29(2,3)4/h7-15,20-21,24H,6,16H2,1-5H3/b19-14+/t20-,21-,24-,30-/m1/s1. The average Bonchev–Trinajstić information content (AvgIpc) is 3.46. The summed E-state index contributed by atoms with van der Waals surface area (Å²) in [6.07, 6.45) is 1.25. The van der Waals surface area contributed by atoms with Crippen molar-refractivity contribution in [1.29, 1.82) is 0 Å². The molecule has 8 heteroatoms. The zero-order valence-electron chi connectivity index (χ0n) is 22.1. The molecule has 2 saturated carbocycles. The van der Waals surface area contributed by atoms with E-state index < -0.39 is 46.7 Å². The maximum Gasteiger partial charge on any atom is 0.421 e. The third-order valence-corrected chi connectivity index (χ3v) is 7.61. The first-order valence-electron chi connectivity index (χ1n) is 12.8. The van der Waals surface area contributed by atoms with E-state index >= 15 is 0 Å². The highest BCUT2D eigenvalue weighted by Crippen LogP contribution is 2.66. The molecule has 1 aliphatic heterocycles. The van der Waals surface area contributed by atoms with E-state index in [0.29, 0.717) is 29.0 Å². The number of rotatable bonds is 4. The summed E-state index contributed by atoms with van der Waals surface area (Å²) in [5, 5.41) is 0. The minimum Gasteiger partial charge on any atom is -0.497 e. The monoisotopic (exact) mass is 517 g/mol. The van der Waals surface area contributed by atoms with Crippen LogP contribution in [0.15, 0.2) is 54.1 Å². The van der Waals surface area contributed by atoms with E-state index in [1.54, 1.807) is 52.0 Å². The fraction of sp³-hybridized carbons (Fsp3) is 0.400. The Kier molecular flexibility index (Phi) is 6.16.